The monoisotopic (exact) mass is 256 g/mol. The van der Waals surface area contributed by atoms with Gasteiger partial charge in [-0.3, -0.25) is 0 Å². The number of anilines is 1. The van der Waals surface area contributed by atoms with E-state index in [1.165, 1.54) is 18.2 Å². The Balaban J connectivity index is 2.79. The average Bonchev–Trinajstić information content (AvgIpc) is 2.28. The van der Waals surface area contributed by atoms with Gasteiger partial charge in [-0.2, -0.15) is 0 Å². The molecule has 0 amide bonds. The second-order valence-electron chi connectivity index (χ2n) is 3.48. The van der Waals surface area contributed by atoms with Crippen molar-refractivity contribution < 1.29 is 13.5 Å². The molecule has 0 heterocycles. The lowest BCUT2D eigenvalue weighted by molar-refractivity contribution is 0.477. The van der Waals surface area contributed by atoms with E-state index in [0.717, 1.165) is 0 Å². The quantitative estimate of drug-likeness (QED) is 0.319. The summed E-state index contributed by atoms with van der Waals surface area (Å²) in [5.74, 6) is -0.127. The molecule has 6 heteroatoms. The summed E-state index contributed by atoms with van der Waals surface area (Å²) in [4.78, 5) is 0.0493. The van der Waals surface area contributed by atoms with Crippen molar-refractivity contribution in [1.29, 1.82) is 0 Å². The standard InChI is InChI=1S/C11H16N2O3S/c1-2-3-4-7-13-17(15,16)9-5-6-11(14)10(12)8-9/h2-3,5-6,8,13-14H,4,7,12H2,1H3/b3-2+. The van der Waals surface area contributed by atoms with E-state index in [2.05, 4.69) is 4.72 Å². The summed E-state index contributed by atoms with van der Waals surface area (Å²) in [5, 5.41) is 9.21. The largest absolute Gasteiger partial charge is 0.506 e. The van der Waals surface area contributed by atoms with Crippen molar-refractivity contribution in [2.45, 2.75) is 18.2 Å². The van der Waals surface area contributed by atoms with E-state index in [1.807, 2.05) is 19.1 Å². The number of nitrogen functional groups attached to an aromatic ring is 1. The van der Waals surface area contributed by atoms with Gasteiger partial charge in [-0.25, -0.2) is 13.1 Å². The van der Waals surface area contributed by atoms with Crippen molar-refractivity contribution in [2.75, 3.05) is 12.3 Å². The maximum Gasteiger partial charge on any atom is 0.240 e. The molecule has 1 rings (SSSR count). The van der Waals surface area contributed by atoms with Gasteiger partial charge in [0.1, 0.15) is 5.75 Å². The van der Waals surface area contributed by atoms with Crippen LogP contribution in [0.25, 0.3) is 0 Å². The molecule has 4 N–H and O–H groups in total. The number of phenols is 1. The Labute approximate surface area is 101 Å². The normalized spacial score (nSPS) is 12.1. The van der Waals surface area contributed by atoms with Crippen molar-refractivity contribution >= 4 is 15.7 Å². The number of nitrogens with two attached hydrogens (primary N) is 1. The van der Waals surface area contributed by atoms with Crippen LogP contribution in [0.3, 0.4) is 0 Å². The molecule has 0 atom stereocenters. The third kappa shape index (κ3) is 3.76. The number of rotatable bonds is 5. The maximum absolute atomic E-state index is 11.8. The third-order valence-electron chi connectivity index (χ3n) is 2.15. The van der Waals surface area contributed by atoms with Crippen LogP contribution in [0, 0.1) is 0 Å². The molecule has 0 aliphatic heterocycles. The van der Waals surface area contributed by atoms with E-state index >= 15 is 0 Å². The number of allylic oxidation sites excluding steroid dienone is 1. The Morgan fingerprint density at radius 2 is 2.18 bits per heavy atom. The van der Waals surface area contributed by atoms with Gasteiger partial charge in [-0.05, 0) is 31.5 Å². The van der Waals surface area contributed by atoms with E-state index in [1.54, 1.807) is 0 Å². The van der Waals surface area contributed by atoms with Crippen LogP contribution >= 0.6 is 0 Å². The Morgan fingerprint density at radius 3 is 2.76 bits per heavy atom. The summed E-state index contributed by atoms with van der Waals surface area (Å²) in [7, 11) is -3.56. The van der Waals surface area contributed by atoms with Crippen LogP contribution in [0.2, 0.25) is 0 Å². The fourth-order valence-electron chi connectivity index (χ4n) is 1.23. The van der Waals surface area contributed by atoms with Gasteiger partial charge < -0.3 is 10.8 Å². The minimum absolute atomic E-state index is 0.0429. The van der Waals surface area contributed by atoms with Crippen molar-refractivity contribution in [3.8, 4) is 5.75 Å². The molecule has 17 heavy (non-hydrogen) atoms. The van der Waals surface area contributed by atoms with Crippen LogP contribution in [0.15, 0.2) is 35.2 Å². The van der Waals surface area contributed by atoms with Crippen molar-refractivity contribution in [3.63, 3.8) is 0 Å². The number of hydrogen-bond acceptors (Lipinski definition) is 4. The zero-order valence-corrected chi connectivity index (χ0v) is 10.4. The molecule has 0 aromatic heterocycles. The van der Waals surface area contributed by atoms with E-state index in [4.69, 9.17) is 5.73 Å². The molecular weight excluding hydrogens is 240 g/mol. The number of phenolic OH excluding ortho intramolecular Hbond substituents is 1. The van der Waals surface area contributed by atoms with Gasteiger partial charge in [0.15, 0.2) is 0 Å². The number of hydrogen-bond donors (Lipinski definition) is 3. The molecule has 0 aliphatic rings. The van der Waals surface area contributed by atoms with Gasteiger partial charge in [-0.1, -0.05) is 12.2 Å². The van der Waals surface area contributed by atoms with E-state index in [-0.39, 0.29) is 16.3 Å². The van der Waals surface area contributed by atoms with Gasteiger partial charge in [0.25, 0.3) is 0 Å². The third-order valence-corrected chi connectivity index (χ3v) is 3.61. The smallest absolute Gasteiger partial charge is 0.240 e. The number of aromatic hydroxyl groups is 1. The van der Waals surface area contributed by atoms with Crippen molar-refractivity contribution in [1.82, 2.24) is 4.72 Å². The lowest BCUT2D eigenvalue weighted by atomic mass is 10.3. The Hall–Kier alpha value is -1.53. The summed E-state index contributed by atoms with van der Waals surface area (Å²) in [6.45, 7) is 2.20. The minimum atomic E-state index is -3.56. The van der Waals surface area contributed by atoms with Crippen molar-refractivity contribution in [2.24, 2.45) is 0 Å². The minimum Gasteiger partial charge on any atom is -0.506 e. The molecule has 0 bridgehead atoms. The molecule has 1 aromatic rings. The SMILES string of the molecule is C/C=C/CCNS(=O)(=O)c1ccc(O)c(N)c1. The summed E-state index contributed by atoms with van der Waals surface area (Å²) in [5.41, 5.74) is 5.48. The fraction of sp³-hybridized carbons (Fsp3) is 0.273. The lowest BCUT2D eigenvalue weighted by Gasteiger charge is -2.07. The van der Waals surface area contributed by atoms with E-state index < -0.39 is 10.0 Å². The van der Waals surface area contributed by atoms with Crippen LogP contribution < -0.4 is 10.5 Å². The van der Waals surface area contributed by atoms with Crippen LogP contribution in [0.4, 0.5) is 5.69 Å². The lowest BCUT2D eigenvalue weighted by Crippen LogP contribution is -2.24. The Kier molecular flexibility index (Phi) is 4.53. The van der Waals surface area contributed by atoms with Gasteiger partial charge in [0.2, 0.25) is 10.0 Å². The molecule has 5 nitrogen and oxygen atoms in total. The molecule has 94 valence electrons. The number of benzene rings is 1. The van der Waals surface area contributed by atoms with Crippen LogP contribution in [0.1, 0.15) is 13.3 Å². The van der Waals surface area contributed by atoms with E-state index in [9.17, 15) is 13.5 Å². The second-order valence-corrected chi connectivity index (χ2v) is 5.24. The first kappa shape index (κ1) is 13.5. The first-order chi connectivity index (χ1) is 7.97. The summed E-state index contributed by atoms with van der Waals surface area (Å²) < 4.78 is 26.0. The maximum atomic E-state index is 11.8. The number of nitrogens with one attached hydrogen (secondary N) is 1. The number of sulfonamides is 1. The Morgan fingerprint density at radius 1 is 1.47 bits per heavy atom. The predicted octanol–water partition coefficient (Wildman–Crippen LogP) is 1.22. The first-order valence-electron chi connectivity index (χ1n) is 5.16. The summed E-state index contributed by atoms with van der Waals surface area (Å²) >= 11 is 0. The topological polar surface area (TPSA) is 92.4 Å². The summed E-state index contributed by atoms with van der Waals surface area (Å²) in [6, 6.07) is 3.80. The highest BCUT2D eigenvalue weighted by molar-refractivity contribution is 7.89. The predicted molar refractivity (Wildman–Crippen MR) is 67.1 cm³/mol. The molecule has 0 spiro atoms. The molecule has 0 saturated carbocycles. The van der Waals surface area contributed by atoms with Gasteiger partial charge in [0.05, 0.1) is 10.6 Å². The molecule has 0 unspecified atom stereocenters. The van der Waals surface area contributed by atoms with E-state index in [0.29, 0.717) is 13.0 Å². The molecule has 0 fully saturated rings. The molecular formula is C11H16N2O3S. The Bertz CT molecular complexity index is 509. The highest BCUT2D eigenvalue weighted by Gasteiger charge is 2.14. The van der Waals surface area contributed by atoms with Crippen LogP contribution in [-0.2, 0) is 10.0 Å². The van der Waals surface area contributed by atoms with Gasteiger partial charge >= 0.3 is 0 Å². The zero-order chi connectivity index (χ0) is 12.9. The zero-order valence-electron chi connectivity index (χ0n) is 9.55. The second kappa shape index (κ2) is 5.70. The van der Waals surface area contributed by atoms with Gasteiger partial charge in [-0.15, -0.1) is 0 Å². The highest BCUT2D eigenvalue weighted by Crippen LogP contribution is 2.22. The highest BCUT2D eigenvalue weighted by atomic mass is 32.2. The summed E-state index contributed by atoms with van der Waals surface area (Å²) in [6.07, 6.45) is 4.35. The molecule has 1 aromatic carbocycles. The molecule has 0 saturated heterocycles. The average molecular weight is 256 g/mol. The van der Waals surface area contributed by atoms with Crippen LogP contribution in [0.5, 0.6) is 5.75 Å². The van der Waals surface area contributed by atoms with Gasteiger partial charge in [0, 0.05) is 6.54 Å². The molecule has 0 aliphatic carbocycles. The fourth-order valence-corrected chi connectivity index (χ4v) is 2.31. The van der Waals surface area contributed by atoms with Crippen LogP contribution in [-0.4, -0.2) is 20.1 Å². The van der Waals surface area contributed by atoms with Crippen molar-refractivity contribution in [3.05, 3.63) is 30.4 Å². The molecule has 0 radical (unpaired) electrons. The first-order valence-corrected chi connectivity index (χ1v) is 6.65.